The lowest BCUT2D eigenvalue weighted by molar-refractivity contribution is 0.0632. The van der Waals surface area contributed by atoms with Gasteiger partial charge in [-0.15, -0.1) is 0 Å². The molecule has 2 N–H and O–H groups in total. The lowest BCUT2D eigenvalue weighted by atomic mass is 9.93. The molecule has 1 fully saturated rings. The molecule has 1 aliphatic rings. The van der Waals surface area contributed by atoms with Crippen molar-refractivity contribution in [3.63, 3.8) is 0 Å². The quantitative estimate of drug-likeness (QED) is 0.549. The monoisotopic (exact) mass is 427 g/mol. The van der Waals surface area contributed by atoms with Gasteiger partial charge in [0.2, 0.25) is 0 Å². The Morgan fingerprint density at radius 1 is 1.09 bits per heavy atom. The third-order valence-electron chi connectivity index (χ3n) is 6.62. The summed E-state index contributed by atoms with van der Waals surface area (Å²) >= 11 is 0. The maximum atomic E-state index is 11.0. The van der Waals surface area contributed by atoms with Crippen LogP contribution in [0.25, 0.3) is 10.8 Å². The molecule has 3 aromatic carbocycles. The SMILES string of the molecule is CC(C)(Cc1ccc2ccccc2c1)NC[C@H](O)[C@H]1CCCN1Cc1ccccc1C#N. The van der Waals surface area contributed by atoms with Crippen LogP contribution in [0.1, 0.15) is 43.4 Å². The van der Waals surface area contributed by atoms with Gasteiger partial charge in [0, 0.05) is 24.7 Å². The predicted molar refractivity (Wildman–Crippen MR) is 130 cm³/mol. The summed E-state index contributed by atoms with van der Waals surface area (Å²) in [6.07, 6.45) is 2.52. The van der Waals surface area contributed by atoms with Gasteiger partial charge in [0.25, 0.3) is 0 Å². The number of β-amino-alcohol motifs (C(OH)–C–C–N with tert-alkyl or cyclic N) is 1. The van der Waals surface area contributed by atoms with E-state index in [1.54, 1.807) is 0 Å². The zero-order valence-corrected chi connectivity index (χ0v) is 19.1. The molecule has 4 heteroatoms. The molecule has 0 radical (unpaired) electrons. The van der Waals surface area contributed by atoms with Crippen molar-refractivity contribution in [2.24, 2.45) is 0 Å². The highest BCUT2D eigenvalue weighted by molar-refractivity contribution is 5.83. The molecular weight excluding hydrogens is 394 g/mol. The maximum Gasteiger partial charge on any atom is 0.0995 e. The lowest BCUT2D eigenvalue weighted by Gasteiger charge is -2.33. The molecule has 0 spiro atoms. The summed E-state index contributed by atoms with van der Waals surface area (Å²) in [4.78, 5) is 2.33. The van der Waals surface area contributed by atoms with Gasteiger partial charge in [-0.1, -0.05) is 60.7 Å². The first-order valence-electron chi connectivity index (χ1n) is 11.6. The molecule has 4 rings (SSSR count). The molecule has 0 amide bonds. The van der Waals surface area contributed by atoms with E-state index in [1.807, 2.05) is 24.3 Å². The van der Waals surface area contributed by atoms with Crippen molar-refractivity contribution in [2.45, 2.75) is 57.3 Å². The topological polar surface area (TPSA) is 59.3 Å². The average molecular weight is 428 g/mol. The number of nitrogens with zero attached hydrogens (tertiary/aromatic N) is 2. The van der Waals surface area contributed by atoms with Gasteiger partial charge in [-0.05, 0) is 67.6 Å². The first kappa shape index (κ1) is 22.5. The molecule has 0 bridgehead atoms. The summed E-state index contributed by atoms with van der Waals surface area (Å²) in [5, 5.41) is 26.6. The highest BCUT2D eigenvalue weighted by Crippen LogP contribution is 2.25. The molecule has 4 nitrogen and oxygen atoms in total. The van der Waals surface area contributed by atoms with Crippen molar-refractivity contribution in [3.05, 3.63) is 83.4 Å². The molecular formula is C28H33N3O. The van der Waals surface area contributed by atoms with Crippen molar-refractivity contribution in [3.8, 4) is 6.07 Å². The summed E-state index contributed by atoms with van der Waals surface area (Å²) in [6, 6.07) is 25.3. The van der Waals surface area contributed by atoms with Crippen LogP contribution in [0.2, 0.25) is 0 Å². The number of rotatable bonds is 8. The average Bonchev–Trinajstić information content (AvgIpc) is 3.26. The number of hydrogen-bond donors (Lipinski definition) is 2. The van der Waals surface area contributed by atoms with Gasteiger partial charge in [-0.25, -0.2) is 0 Å². The Morgan fingerprint density at radius 2 is 1.84 bits per heavy atom. The molecule has 1 heterocycles. The van der Waals surface area contributed by atoms with E-state index in [4.69, 9.17) is 0 Å². The fourth-order valence-corrected chi connectivity index (χ4v) is 4.91. The molecule has 0 saturated carbocycles. The minimum Gasteiger partial charge on any atom is -0.390 e. The molecule has 166 valence electrons. The van der Waals surface area contributed by atoms with Crippen molar-refractivity contribution < 1.29 is 5.11 Å². The normalized spacial score (nSPS) is 18.0. The molecule has 0 unspecified atom stereocenters. The van der Waals surface area contributed by atoms with Gasteiger partial charge >= 0.3 is 0 Å². The largest absolute Gasteiger partial charge is 0.390 e. The first-order valence-corrected chi connectivity index (χ1v) is 11.6. The third-order valence-corrected chi connectivity index (χ3v) is 6.62. The summed E-state index contributed by atoms with van der Waals surface area (Å²) in [5.74, 6) is 0. The van der Waals surface area contributed by atoms with Crippen molar-refractivity contribution in [1.29, 1.82) is 5.26 Å². The second kappa shape index (κ2) is 9.83. The van der Waals surface area contributed by atoms with Gasteiger partial charge < -0.3 is 10.4 Å². The second-order valence-electron chi connectivity index (χ2n) is 9.64. The number of fused-ring (bicyclic) bond motifs is 1. The van der Waals surface area contributed by atoms with Crippen LogP contribution in [0.15, 0.2) is 66.7 Å². The van der Waals surface area contributed by atoms with E-state index in [0.29, 0.717) is 13.1 Å². The minimum absolute atomic E-state index is 0.116. The molecule has 32 heavy (non-hydrogen) atoms. The van der Waals surface area contributed by atoms with Crippen LogP contribution in [-0.4, -0.2) is 40.8 Å². The van der Waals surface area contributed by atoms with E-state index in [2.05, 4.69) is 72.6 Å². The van der Waals surface area contributed by atoms with Crippen molar-refractivity contribution in [1.82, 2.24) is 10.2 Å². The Balaban J connectivity index is 1.36. The number of likely N-dealkylation sites (tertiary alicyclic amines) is 1. The van der Waals surface area contributed by atoms with Gasteiger partial charge in [0.05, 0.1) is 17.7 Å². The molecule has 0 aliphatic carbocycles. The highest BCUT2D eigenvalue weighted by atomic mass is 16.3. The Kier molecular flexibility index (Phi) is 6.91. The first-order chi connectivity index (χ1) is 15.4. The zero-order valence-electron chi connectivity index (χ0n) is 19.1. The van der Waals surface area contributed by atoms with Gasteiger partial charge in [-0.2, -0.15) is 5.26 Å². The number of hydrogen-bond acceptors (Lipinski definition) is 4. The molecule has 3 aromatic rings. The number of nitriles is 1. The Labute approximate surface area is 191 Å². The number of nitrogens with one attached hydrogen (secondary N) is 1. The second-order valence-corrected chi connectivity index (χ2v) is 9.64. The highest BCUT2D eigenvalue weighted by Gasteiger charge is 2.32. The molecule has 2 atom stereocenters. The summed E-state index contributed by atoms with van der Waals surface area (Å²) in [6.45, 7) is 6.63. The predicted octanol–water partition coefficient (Wildman–Crippen LogP) is 4.65. The van der Waals surface area contributed by atoms with Gasteiger partial charge in [-0.3, -0.25) is 4.90 Å². The van der Waals surface area contributed by atoms with E-state index in [-0.39, 0.29) is 11.6 Å². The van der Waals surface area contributed by atoms with Crippen LogP contribution < -0.4 is 5.32 Å². The van der Waals surface area contributed by atoms with Crippen LogP contribution in [0, 0.1) is 11.3 Å². The van der Waals surface area contributed by atoms with Gasteiger partial charge in [0.15, 0.2) is 0 Å². The van der Waals surface area contributed by atoms with E-state index in [0.717, 1.165) is 36.9 Å². The number of aliphatic hydroxyl groups is 1. The van der Waals surface area contributed by atoms with Crippen molar-refractivity contribution >= 4 is 10.8 Å². The third kappa shape index (κ3) is 5.37. The fraction of sp³-hybridized carbons (Fsp3) is 0.393. The summed E-state index contributed by atoms with van der Waals surface area (Å²) < 4.78 is 0. The fourth-order valence-electron chi connectivity index (χ4n) is 4.91. The summed E-state index contributed by atoms with van der Waals surface area (Å²) in [5.41, 5.74) is 2.94. The smallest absolute Gasteiger partial charge is 0.0995 e. The van der Waals surface area contributed by atoms with Crippen LogP contribution in [0.5, 0.6) is 0 Å². The van der Waals surface area contributed by atoms with E-state index in [9.17, 15) is 10.4 Å². The van der Waals surface area contributed by atoms with Crippen LogP contribution in [0.3, 0.4) is 0 Å². The Morgan fingerprint density at radius 3 is 2.66 bits per heavy atom. The lowest BCUT2D eigenvalue weighted by Crippen LogP contribution is -2.50. The molecule has 1 aliphatic heterocycles. The zero-order chi connectivity index (χ0) is 22.6. The minimum atomic E-state index is -0.442. The Bertz CT molecular complexity index is 1100. The summed E-state index contributed by atoms with van der Waals surface area (Å²) in [7, 11) is 0. The van der Waals surface area contributed by atoms with Gasteiger partial charge in [0.1, 0.15) is 0 Å². The van der Waals surface area contributed by atoms with Crippen molar-refractivity contribution in [2.75, 3.05) is 13.1 Å². The molecule has 1 saturated heterocycles. The van der Waals surface area contributed by atoms with Crippen LogP contribution in [-0.2, 0) is 13.0 Å². The molecule has 0 aromatic heterocycles. The Hall–Kier alpha value is -2.71. The number of aliphatic hydroxyl groups excluding tert-OH is 1. The van der Waals surface area contributed by atoms with E-state index < -0.39 is 6.10 Å². The van der Waals surface area contributed by atoms with E-state index in [1.165, 1.54) is 16.3 Å². The standard InChI is InChI=1S/C28H33N3O/c1-28(2,17-21-13-14-22-8-3-4-9-23(22)16-21)30-19-27(32)26-12-7-15-31(26)20-25-11-6-5-10-24(25)18-29/h3-6,8-11,13-14,16,26-27,30,32H,7,12,15,17,19-20H2,1-2H3/t26-,27+/m1/s1. The number of benzene rings is 3. The maximum absolute atomic E-state index is 11.0. The van der Waals surface area contributed by atoms with E-state index >= 15 is 0 Å². The van der Waals surface area contributed by atoms with Crippen LogP contribution in [0.4, 0.5) is 0 Å². The van der Waals surface area contributed by atoms with Crippen LogP contribution >= 0.6 is 0 Å².